The molecule has 1 aromatic heterocycles. The van der Waals surface area contributed by atoms with Crippen LogP contribution in [-0.2, 0) is 0 Å². The van der Waals surface area contributed by atoms with Crippen LogP contribution < -0.4 is 9.61 Å². The van der Waals surface area contributed by atoms with Gasteiger partial charge in [0.1, 0.15) is 0 Å². The van der Waals surface area contributed by atoms with Crippen LogP contribution in [0.2, 0.25) is 0 Å². The number of hydrogen-bond acceptors (Lipinski definition) is 5. The summed E-state index contributed by atoms with van der Waals surface area (Å²) in [6, 6.07) is 5.72. The summed E-state index contributed by atoms with van der Waals surface area (Å²) >= 11 is 3.18. The topological polar surface area (TPSA) is 62.3 Å². The fourth-order valence-corrected chi connectivity index (χ4v) is 8.04. The number of hydrogen-bond donors (Lipinski definition) is 2. The van der Waals surface area contributed by atoms with E-state index >= 15 is 0 Å². The highest BCUT2D eigenvalue weighted by atomic mass is 32.2. The average Bonchev–Trinajstić information content (AvgIpc) is 3.26. The Bertz CT molecular complexity index is 858. The maximum absolute atomic E-state index is 12.0. The van der Waals surface area contributed by atoms with Crippen molar-refractivity contribution in [3.8, 4) is 11.5 Å². The van der Waals surface area contributed by atoms with E-state index in [1.807, 2.05) is 23.9 Å². The van der Waals surface area contributed by atoms with Crippen molar-refractivity contribution < 1.29 is 9.84 Å². The third-order valence-electron chi connectivity index (χ3n) is 6.05. The molecule has 3 aliphatic rings. The lowest BCUT2D eigenvalue weighted by atomic mass is 9.74. The number of aromatic nitrogens is 1. The lowest BCUT2D eigenvalue weighted by Crippen LogP contribution is -2.33. The van der Waals surface area contributed by atoms with Gasteiger partial charge in [0.15, 0.2) is 11.5 Å². The molecule has 0 radical (unpaired) electrons. The zero-order valence-corrected chi connectivity index (χ0v) is 15.0. The minimum Gasteiger partial charge on any atom is -0.504 e. The number of phenols is 1. The van der Waals surface area contributed by atoms with E-state index in [1.165, 1.54) is 30.6 Å². The highest BCUT2D eigenvalue weighted by Crippen LogP contribution is 2.64. The van der Waals surface area contributed by atoms with E-state index in [1.54, 1.807) is 13.2 Å². The normalized spacial score (nSPS) is 33.3. The van der Waals surface area contributed by atoms with Crippen molar-refractivity contribution in [2.24, 2.45) is 17.8 Å². The van der Waals surface area contributed by atoms with Gasteiger partial charge in [-0.05, 0) is 43.1 Å². The number of phenolic OH excluding ortho intramolecular Hbond substituents is 1. The second-order valence-corrected chi connectivity index (χ2v) is 9.28. The van der Waals surface area contributed by atoms with Crippen LogP contribution in [0.3, 0.4) is 0 Å². The Labute approximate surface area is 148 Å². The van der Waals surface area contributed by atoms with Crippen molar-refractivity contribution in [1.82, 2.24) is 4.98 Å². The average molecular weight is 361 g/mol. The Balaban J connectivity index is 1.71. The molecule has 2 aliphatic carbocycles. The number of thioether (sulfide) groups is 1. The van der Waals surface area contributed by atoms with E-state index in [4.69, 9.17) is 4.74 Å². The molecule has 2 heterocycles. The Hall–Kier alpha value is -1.40. The number of benzene rings is 1. The number of aromatic amines is 1. The largest absolute Gasteiger partial charge is 0.504 e. The van der Waals surface area contributed by atoms with Gasteiger partial charge in [-0.15, -0.1) is 11.8 Å². The van der Waals surface area contributed by atoms with Crippen molar-refractivity contribution in [1.29, 1.82) is 0 Å². The highest BCUT2D eigenvalue weighted by Gasteiger charge is 2.55. The van der Waals surface area contributed by atoms with Crippen LogP contribution >= 0.6 is 23.1 Å². The molecule has 5 atom stereocenters. The number of thiazole rings is 1. The van der Waals surface area contributed by atoms with Gasteiger partial charge in [-0.25, -0.2) is 0 Å². The van der Waals surface area contributed by atoms with Crippen LogP contribution in [0.4, 0.5) is 0 Å². The first-order valence-electron chi connectivity index (χ1n) is 8.43. The molecule has 4 nitrogen and oxygen atoms in total. The monoisotopic (exact) mass is 361 g/mol. The van der Waals surface area contributed by atoms with Crippen molar-refractivity contribution in [2.75, 3.05) is 7.11 Å². The summed E-state index contributed by atoms with van der Waals surface area (Å²) in [6.07, 6.45) is 3.88. The summed E-state index contributed by atoms with van der Waals surface area (Å²) in [7, 11) is 1.58. The summed E-state index contributed by atoms with van der Waals surface area (Å²) in [4.78, 5) is 16.1. The Morgan fingerprint density at radius 3 is 2.96 bits per heavy atom. The molecule has 2 saturated carbocycles. The van der Waals surface area contributed by atoms with Crippen LogP contribution in [-0.4, -0.2) is 22.5 Å². The number of nitrogens with one attached hydrogen (secondary N) is 1. The molecule has 126 valence electrons. The number of rotatable bonds is 2. The van der Waals surface area contributed by atoms with Gasteiger partial charge in [0.2, 0.25) is 0 Å². The molecular weight excluding hydrogens is 342 g/mol. The highest BCUT2D eigenvalue weighted by molar-refractivity contribution is 8.00. The second-order valence-electron chi connectivity index (χ2n) is 7.08. The Morgan fingerprint density at radius 2 is 2.12 bits per heavy atom. The first-order chi connectivity index (χ1) is 11.7. The van der Waals surface area contributed by atoms with Gasteiger partial charge in [0.25, 0.3) is 0 Å². The standard InChI is InChI=1S/C18H19NO3S2/c1-22-11-4-2-3-10(14(11)20)13-12-8-5-6-9(7-8)15(12)23-17-16(13)24-18(21)19-17/h2-4,8-9,12-13,15,20H,5-7H2,1H3,(H,19,21)/t8-,9-,12-,13+,15+/m1/s1. The van der Waals surface area contributed by atoms with Gasteiger partial charge in [0, 0.05) is 21.6 Å². The van der Waals surface area contributed by atoms with Gasteiger partial charge in [-0.2, -0.15) is 0 Å². The minimum atomic E-state index is 0.00667. The van der Waals surface area contributed by atoms with E-state index in [9.17, 15) is 9.90 Å². The molecule has 1 aliphatic heterocycles. The molecule has 0 unspecified atom stereocenters. The van der Waals surface area contributed by atoms with Gasteiger partial charge >= 0.3 is 4.87 Å². The van der Waals surface area contributed by atoms with E-state index in [0.717, 1.165) is 21.4 Å². The predicted octanol–water partition coefficient (Wildman–Crippen LogP) is 3.80. The molecule has 0 amide bonds. The molecule has 1 aromatic carbocycles. The van der Waals surface area contributed by atoms with Crippen LogP contribution in [0.25, 0.3) is 0 Å². The minimum absolute atomic E-state index is 0.00667. The molecule has 2 N–H and O–H groups in total. The second kappa shape index (κ2) is 5.30. The molecule has 6 heteroatoms. The first kappa shape index (κ1) is 14.9. The Morgan fingerprint density at radius 1 is 1.29 bits per heavy atom. The van der Waals surface area contributed by atoms with Gasteiger partial charge in [-0.1, -0.05) is 23.5 Å². The first-order valence-corrected chi connectivity index (χ1v) is 10.1. The quantitative estimate of drug-likeness (QED) is 0.854. The summed E-state index contributed by atoms with van der Waals surface area (Å²) < 4.78 is 5.32. The smallest absolute Gasteiger partial charge is 0.305 e. The van der Waals surface area contributed by atoms with Crippen molar-refractivity contribution in [3.63, 3.8) is 0 Å². The van der Waals surface area contributed by atoms with E-state index in [2.05, 4.69) is 4.98 Å². The number of fused-ring (bicyclic) bond motifs is 6. The van der Waals surface area contributed by atoms with E-state index in [0.29, 0.717) is 22.8 Å². The molecular formula is C18H19NO3S2. The van der Waals surface area contributed by atoms with E-state index in [-0.39, 0.29) is 16.5 Å². The summed E-state index contributed by atoms with van der Waals surface area (Å²) in [5, 5.41) is 12.3. The number of para-hydroxylation sites is 1. The van der Waals surface area contributed by atoms with Gasteiger partial charge < -0.3 is 14.8 Å². The van der Waals surface area contributed by atoms with Gasteiger partial charge in [0.05, 0.1) is 12.1 Å². The number of H-pyrrole nitrogens is 1. The molecule has 2 aromatic rings. The van der Waals surface area contributed by atoms with E-state index < -0.39 is 0 Å². The third-order valence-corrected chi connectivity index (χ3v) is 8.67. The molecule has 5 rings (SSSR count). The van der Waals surface area contributed by atoms with Crippen molar-refractivity contribution in [2.45, 2.75) is 35.5 Å². The lowest BCUT2D eigenvalue weighted by molar-refractivity contribution is 0.300. The van der Waals surface area contributed by atoms with Crippen LogP contribution in [0.15, 0.2) is 28.0 Å². The molecule has 2 fully saturated rings. The van der Waals surface area contributed by atoms with Crippen molar-refractivity contribution in [3.05, 3.63) is 38.3 Å². The molecule has 2 bridgehead atoms. The zero-order valence-electron chi connectivity index (χ0n) is 13.3. The third kappa shape index (κ3) is 1.96. The van der Waals surface area contributed by atoms with Crippen LogP contribution in [0.1, 0.15) is 35.6 Å². The zero-order chi connectivity index (χ0) is 16.4. The number of ether oxygens (including phenoxy) is 1. The summed E-state index contributed by atoms with van der Waals surface area (Å²) in [6.45, 7) is 0. The maximum Gasteiger partial charge on any atom is 0.305 e. The van der Waals surface area contributed by atoms with Gasteiger partial charge in [-0.3, -0.25) is 4.79 Å². The van der Waals surface area contributed by atoms with Crippen LogP contribution in [0, 0.1) is 17.8 Å². The summed E-state index contributed by atoms with van der Waals surface area (Å²) in [5.74, 6) is 2.79. The molecule has 0 saturated heterocycles. The summed E-state index contributed by atoms with van der Waals surface area (Å²) in [5.41, 5.74) is 0.911. The molecule has 0 spiro atoms. The number of methoxy groups -OCH3 is 1. The van der Waals surface area contributed by atoms with Crippen molar-refractivity contribution >= 4 is 23.1 Å². The lowest BCUT2D eigenvalue weighted by Gasteiger charge is -2.40. The maximum atomic E-state index is 12.0. The fraction of sp³-hybridized carbons (Fsp3) is 0.500. The molecule has 24 heavy (non-hydrogen) atoms. The fourth-order valence-electron chi connectivity index (χ4n) is 5.15. The SMILES string of the molecule is COc1cccc([C@@H]2c3sc(=O)[nH]c3S[C@H]3[C@@H]4CC[C@H](C4)[C@H]23)c1O. The van der Waals surface area contributed by atoms with Crippen LogP contribution in [0.5, 0.6) is 11.5 Å². The Kier molecular flexibility index (Phi) is 3.29. The number of aromatic hydroxyl groups is 1. The predicted molar refractivity (Wildman–Crippen MR) is 95.4 cm³/mol.